The number of hydrogen-bond acceptors (Lipinski definition) is 4. The van der Waals surface area contributed by atoms with Crippen LogP contribution in [-0.2, 0) is 13.0 Å². The van der Waals surface area contributed by atoms with E-state index >= 15 is 0 Å². The first-order valence-corrected chi connectivity index (χ1v) is 8.64. The van der Waals surface area contributed by atoms with Crippen LogP contribution in [0.2, 0.25) is 0 Å². The number of hydrogen-bond donors (Lipinski definition) is 2. The maximum absolute atomic E-state index is 9.50. The molecule has 1 aromatic heterocycles. The molecule has 0 amide bonds. The molecule has 6 heteroatoms. The SMILES string of the molecule is CCNC(=NCCc1cccc(O)c1)N(C)Cc1csc(C)n1. The zero-order valence-corrected chi connectivity index (χ0v) is 14.7. The number of benzene rings is 1. The molecule has 5 nitrogen and oxygen atoms in total. The van der Waals surface area contributed by atoms with Gasteiger partial charge in [-0.2, -0.15) is 0 Å². The van der Waals surface area contributed by atoms with Crippen LogP contribution in [0.1, 0.15) is 23.2 Å². The molecule has 0 aliphatic carbocycles. The number of aromatic nitrogens is 1. The second-order valence-electron chi connectivity index (χ2n) is 5.37. The van der Waals surface area contributed by atoms with Crippen LogP contribution < -0.4 is 5.32 Å². The van der Waals surface area contributed by atoms with Crippen molar-refractivity contribution in [3.63, 3.8) is 0 Å². The molecule has 0 radical (unpaired) electrons. The van der Waals surface area contributed by atoms with Crippen LogP contribution >= 0.6 is 11.3 Å². The monoisotopic (exact) mass is 332 g/mol. The van der Waals surface area contributed by atoms with E-state index in [1.807, 2.05) is 26.1 Å². The van der Waals surface area contributed by atoms with Crippen LogP contribution in [0.5, 0.6) is 5.75 Å². The Morgan fingerprint density at radius 2 is 2.26 bits per heavy atom. The quantitative estimate of drug-likeness (QED) is 0.631. The van der Waals surface area contributed by atoms with E-state index in [0.717, 1.165) is 41.7 Å². The Hall–Kier alpha value is -2.08. The van der Waals surface area contributed by atoms with Crippen molar-refractivity contribution in [3.8, 4) is 5.75 Å². The van der Waals surface area contributed by atoms with Gasteiger partial charge in [0.1, 0.15) is 5.75 Å². The summed E-state index contributed by atoms with van der Waals surface area (Å²) in [4.78, 5) is 11.2. The number of phenolic OH excluding ortho intramolecular Hbond substituents is 1. The number of thiazole rings is 1. The molecule has 1 aromatic carbocycles. The first-order chi connectivity index (χ1) is 11.1. The van der Waals surface area contributed by atoms with Crippen LogP contribution in [0.3, 0.4) is 0 Å². The normalized spacial score (nSPS) is 11.5. The van der Waals surface area contributed by atoms with Crippen LogP contribution in [0.25, 0.3) is 0 Å². The number of phenols is 1. The van der Waals surface area contributed by atoms with Crippen molar-refractivity contribution in [2.24, 2.45) is 4.99 Å². The molecule has 0 fully saturated rings. The molecule has 23 heavy (non-hydrogen) atoms. The number of aromatic hydroxyl groups is 1. The number of nitrogens with zero attached hydrogens (tertiary/aromatic N) is 3. The van der Waals surface area contributed by atoms with Gasteiger partial charge in [0.05, 0.1) is 17.2 Å². The average molecular weight is 332 g/mol. The summed E-state index contributed by atoms with van der Waals surface area (Å²) in [6.45, 7) is 6.31. The summed E-state index contributed by atoms with van der Waals surface area (Å²) in [7, 11) is 2.02. The van der Waals surface area contributed by atoms with Gasteiger partial charge in [0.2, 0.25) is 0 Å². The van der Waals surface area contributed by atoms with Gasteiger partial charge in [-0.1, -0.05) is 12.1 Å². The van der Waals surface area contributed by atoms with E-state index in [9.17, 15) is 5.11 Å². The fraction of sp³-hybridized carbons (Fsp3) is 0.412. The highest BCUT2D eigenvalue weighted by molar-refractivity contribution is 7.09. The van der Waals surface area contributed by atoms with Gasteiger partial charge < -0.3 is 15.3 Å². The topological polar surface area (TPSA) is 60.8 Å². The van der Waals surface area contributed by atoms with Crippen molar-refractivity contribution >= 4 is 17.3 Å². The molecule has 2 N–H and O–H groups in total. The van der Waals surface area contributed by atoms with E-state index in [1.54, 1.807) is 23.5 Å². The average Bonchev–Trinajstić information content (AvgIpc) is 2.91. The second kappa shape index (κ2) is 8.53. The summed E-state index contributed by atoms with van der Waals surface area (Å²) in [6, 6.07) is 7.32. The highest BCUT2D eigenvalue weighted by Gasteiger charge is 2.08. The zero-order valence-electron chi connectivity index (χ0n) is 13.9. The van der Waals surface area contributed by atoms with E-state index in [-0.39, 0.29) is 0 Å². The van der Waals surface area contributed by atoms with E-state index < -0.39 is 0 Å². The maximum atomic E-state index is 9.50. The van der Waals surface area contributed by atoms with E-state index in [4.69, 9.17) is 0 Å². The molecule has 1 heterocycles. The third kappa shape index (κ3) is 5.56. The standard InChI is InChI=1S/C17H24N4OS/c1-4-18-17(21(3)11-15-12-23-13(2)20-15)19-9-8-14-6-5-7-16(22)10-14/h5-7,10,12,22H,4,8-9,11H2,1-3H3,(H,18,19). The third-order valence-corrected chi connectivity index (χ3v) is 4.16. The Bertz CT molecular complexity index is 654. The smallest absolute Gasteiger partial charge is 0.194 e. The van der Waals surface area contributed by atoms with Crippen LogP contribution in [0.15, 0.2) is 34.6 Å². The number of aryl methyl sites for hydroxylation is 1. The molecule has 0 atom stereocenters. The van der Waals surface area contributed by atoms with Crippen LogP contribution in [-0.4, -0.2) is 41.1 Å². The van der Waals surface area contributed by atoms with Crippen LogP contribution in [0, 0.1) is 6.92 Å². The van der Waals surface area contributed by atoms with Gasteiger partial charge >= 0.3 is 0 Å². The predicted octanol–water partition coefficient (Wildman–Crippen LogP) is 2.80. The molecular formula is C17H24N4OS. The fourth-order valence-electron chi connectivity index (χ4n) is 2.27. The lowest BCUT2D eigenvalue weighted by Gasteiger charge is -2.21. The fourth-order valence-corrected chi connectivity index (χ4v) is 2.88. The van der Waals surface area contributed by atoms with E-state index in [1.165, 1.54) is 0 Å². The minimum Gasteiger partial charge on any atom is -0.508 e. The lowest BCUT2D eigenvalue weighted by Crippen LogP contribution is -2.38. The number of rotatable bonds is 6. The third-order valence-electron chi connectivity index (χ3n) is 3.33. The van der Waals surface area contributed by atoms with Crippen molar-refractivity contribution in [3.05, 3.63) is 45.9 Å². The highest BCUT2D eigenvalue weighted by Crippen LogP contribution is 2.12. The second-order valence-corrected chi connectivity index (χ2v) is 6.43. The molecule has 0 aliphatic heterocycles. The van der Waals surface area contributed by atoms with Gasteiger partial charge in [-0.25, -0.2) is 4.98 Å². The van der Waals surface area contributed by atoms with Crippen molar-refractivity contribution in [1.82, 2.24) is 15.2 Å². The summed E-state index contributed by atoms with van der Waals surface area (Å²) in [5, 5.41) is 16.0. The molecule has 0 saturated heterocycles. The molecule has 2 aromatic rings. The summed E-state index contributed by atoms with van der Waals surface area (Å²) >= 11 is 1.67. The largest absolute Gasteiger partial charge is 0.508 e. The van der Waals surface area contributed by atoms with Crippen molar-refractivity contribution < 1.29 is 5.11 Å². The Morgan fingerprint density at radius 3 is 2.91 bits per heavy atom. The Kier molecular flexibility index (Phi) is 6.40. The molecule has 0 spiro atoms. The summed E-state index contributed by atoms with van der Waals surface area (Å²) in [6.07, 6.45) is 0.799. The first-order valence-electron chi connectivity index (χ1n) is 7.77. The zero-order chi connectivity index (χ0) is 16.7. The number of nitrogens with one attached hydrogen (secondary N) is 1. The summed E-state index contributed by atoms with van der Waals surface area (Å²) in [5.74, 6) is 1.17. The van der Waals surface area contributed by atoms with Gasteiger partial charge in [0.15, 0.2) is 5.96 Å². The molecule has 124 valence electrons. The van der Waals surface area contributed by atoms with Gasteiger partial charge in [-0.3, -0.25) is 4.99 Å². The van der Waals surface area contributed by atoms with Crippen molar-refractivity contribution in [1.29, 1.82) is 0 Å². The number of aliphatic imine (C=N–C) groups is 1. The molecule has 2 rings (SSSR count). The predicted molar refractivity (Wildman–Crippen MR) is 96.1 cm³/mol. The Labute approximate surface area is 141 Å². The lowest BCUT2D eigenvalue weighted by atomic mass is 10.1. The van der Waals surface area contributed by atoms with E-state index in [2.05, 4.69) is 32.5 Å². The molecule has 0 unspecified atom stereocenters. The molecule has 0 aliphatic rings. The van der Waals surface area contributed by atoms with Gasteiger partial charge in [-0.15, -0.1) is 11.3 Å². The lowest BCUT2D eigenvalue weighted by molar-refractivity contribution is 0.470. The molecular weight excluding hydrogens is 308 g/mol. The Balaban J connectivity index is 1.95. The van der Waals surface area contributed by atoms with Crippen molar-refractivity contribution in [2.75, 3.05) is 20.1 Å². The number of guanidine groups is 1. The van der Waals surface area contributed by atoms with Crippen molar-refractivity contribution in [2.45, 2.75) is 26.8 Å². The van der Waals surface area contributed by atoms with Gasteiger partial charge in [0, 0.05) is 25.5 Å². The molecule has 0 saturated carbocycles. The highest BCUT2D eigenvalue weighted by atomic mass is 32.1. The first kappa shape index (κ1) is 17.3. The summed E-state index contributed by atoms with van der Waals surface area (Å²) in [5.41, 5.74) is 2.15. The van der Waals surface area contributed by atoms with Crippen LogP contribution in [0.4, 0.5) is 0 Å². The van der Waals surface area contributed by atoms with E-state index in [0.29, 0.717) is 12.3 Å². The van der Waals surface area contributed by atoms with Gasteiger partial charge in [0.25, 0.3) is 0 Å². The maximum Gasteiger partial charge on any atom is 0.194 e. The minimum atomic E-state index is 0.300. The van der Waals surface area contributed by atoms with Gasteiger partial charge in [-0.05, 0) is 38.0 Å². The Morgan fingerprint density at radius 1 is 1.43 bits per heavy atom. The molecule has 0 bridgehead atoms. The minimum absolute atomic E-state index is 0.300. The summed E-state index contributed by atoms with van der Waals surface area (Å²) < 4.78 is 0.